The van der Waals surface area contributed by atoms with Crippen molar-refractivity contribution in [3.63, 3.8) is 0 Å². The number of nitrogens with one attached hydrogen (secondary N) is 1. The highest BCUT2D eigenvalue weighted by Gasteiger charge is 2.20. The maximum atomic E-state index is 7.56. The number of hydrogen-bond donors (Lipinski definition) is 1. The Kier molecular flexibility index (Phi) is 10.0. The number of rotatable bonds is 9. The second-order valence-electron chi connectivity index (χ2n) is 18.5. The van der Waals surface area contributed by atoms with Crippen LogP contribution in [0.1, 0.15) is 0 Å². The number of fused-ring (bicyclic) bond motifs is 11. The first-order valence-corrected chi connectivity index (χ1v) is 25.3. The van der Waals surface area contributed by atoms with Gasteiger partial charge < -0.3 is 19.7 Å². The molecule has 342 valence electrons. The van der Waals surface area contributed by atoms with Gasteiger partial charge in [0.1, 0.15) is 0 Å². The van der Waals surface area contributed by atoms with Gasteiger partial charge in [0, 0.05) is 82.1 Å². The van der Waals surface area contributed by atoms with Crippen molar-refractivity contribution in [2.45, 2.75) is 0 Å². The van der Waals surface area contributed by atoms with E-state index in [0.29, 0.717) is 5.69 Å². The van der Waals surface area contributed by atoms with Crippen molar-refractivity contribution in [2.75, 3.05) is 15.1 Å². The van der Waals surface area contributed by atoms with Gasteiger partial charge in [-0.2, -0.15) is 0 Å². The van der Waals surface area contributed by atoms with Crippen LogP contribution in [0.3, 0.4) is 0 Å². The molecule has 0 fully saturated rings. The van der Waals surface area contributed by atoms with E-state index in [2.05, 4.69) is 255 Å². The predicted molar refractivity (Wildman–Crippen MR) is 312 cm³/mol. The highest BCUT2D eigenvalue weighted by atomic mass is 32.1. The van der Waals surface area contributed by atoms with Crippen LogP contribution in [0.2, 0.25) is 0 Å². The minimum absolute atomic E-state index is 0.622. The lowest BCUT2D eigenvalue weighted by Gasteiger charge is -2.29. The van der Waals surface area contributed by atoms with Crippen LogP contribution >= 0.6 is 11.3 Å². The van der Waals surface area contributed by atoms with E-state index in [-0.39, 0.29) is 0 Å². The molecule has 0 atom stereocenters. The molecule has 14 rings (SSSR count). The average molecular weight is 950 g/mol. The standard InChI is InChI=1S/C67H43N5S/c1-68-47-22-27-54(28-23-47)72-63-18-10-9-17-60(63)61-39-36-56(43-64(61)72)70(50-13-3-2-4-14-50)52-31-33-53(34-32-52)71(55-35-38-58-46(41-55)20-19-44-11-5-7-15-57(44)58)51-29-24-48(25-30-51)69-49-26-37-62-66(42-49)73-65-40-21-45-12-6-8-16-59(45)67(62)65/h2-43,69H. The molecular weight excluding hydrogens is 907 g/mol. The molecule has 6 heteroatoms. The summed E-state index contributed by atoms with van der Waals surface area (Å²) < 4.78 is 4.89. The summed E-state index contributed by atoms with van der Waals surface area (Å²) in [5.74, 6) is 0. The van der Waals surface area contributed by atoms with Gasteiger partial charge >= 0.3 is 0 Å². The zero-order chi connectivity index (χ0) is 48.4. The van der Waals surface area contributed by atoms with Crippen LogP contribution in [0.4, 0.5) is 51.2 Å². The van der Waals surface area contributed by atoms with Gasteiger partial charge in [-0.25, -0.2) is 4.85 Å². The maximum Gasteiger partial charge on any atom is 0.187 e. The summed E-state index contributed by atoms with van der Waals surface area (Å²) in [6, 6.07) is 91.3. The Labute approximate surface area is 426 Å². The zero-order valence-electron chi connectivity index (χ0n) is 39.4. The number of aromatic nitrogens is 1. The van der Waals surface area contributed by atoms with Gasteiger partial charge in [0.2, 0.25) is 0 Å². The highest BCUT2D eigenvalue weighted by Crippen LogP contribution is 2.44. The maximum absolute atomic E-state index is 7.56. The van der Waals surface area contributed by atoms with E-state index in [4.69, 9.17) is 6.57 Å². The van der Waals surface area contributed by atoms with E-state index in [0.717, 1.165) is 62.2 Å². The summed E-state index contributed by atoms with van der Waals surface area (Å²) in [5.41, 5.74) is 12.2. The van der Waals surface area contributed by atoms with Crippen molar-refractivity contribution in [2.24, 2.45) is 0 Å². The molecule has 2 aromatic heterocycles. The third-order valence-electron chi connectivity index (χ3n) is 14.3. The Bertz CT molecular complexity index is 4470. The Morgan fingerprint density at radius 1 is 0.356 bits per heavy atom. The van der Waals surface area contributed by atoms with E-state index in [1.165, 1.54) is 63.3 Å². The second-order valence-corrected chi connectivity index (χ2v) is 19.6. The molecule has 14 aromatic rings. The molecule has 12 aromatic carbocycles. The molecule has 0 bridgehead atoms. The van der Waals surface area contributed by atoms with Gasteiger partial charge in [0.25, 0.3) is 0 Å². The summed E-state index contributed by atoms with van der Waals surface area (Å²) in [4.78, 5) is 8.34. The zero-order valence-corrected chi connectivity index (χ0v) is 40.3. The normalized spacial score (nSPS) is 11.5. The van der Waals surface area contributed by atoms with Crippen LogP contribution < -0.4 is 15.1 Å². The molecule has 0 radical (unpaired) electrons. The largest absolute Gasteiger partial charge is 0.355 e. The molecule has 0 aliphatic carbocycles. The average Bonchev–Trinajstić information content (AvgIpc) is 4.00. The van der Waals surface area contributed by atoms with E-state index in [1.54, 1.807) is 0 Å². The SMILES string of the molecule is [C-]#[N+]c1ccc(-n2c3ccccc3c3ccc(N(c4ccccc4)c4ccc(N(c5ccc(Nc6ccc7c(c6)sc6ccc8ccccc8c67)cc5)c5ccc6c(ccc7ccccc76)c5)cc4)cc32)cc1. The van der Waals surface area contributed by atoms with Gasteiger partial charge in [-0.3, -0.25) is 0 Å². The molecule has 0 spiro atoms. The summed E-state index contributed by atoms with van der Waals surface area (Å²) in [6.07, 6.45) is 0. The molecule has 0 amide bonds. The van der Waals surface area contributed by atoms with Crippen LogP contribution in [0.25, 0.3) is 84.8 Å². The van der Waals surface area contributed by atoms with Crippen LogP contribution in [0, 0.1) is 6.57 Å². The first-order valence-electron chi connectivity index (χ1n) is 24.5. The molecule has 0 unspecified atom stereocenters. The van der Waals surface area contributed by atoms with E-state index >= 15 is 0 Å². The fourth-order valence-corrected chi connectivity index (χ4v) is 12.1. The fraction of sp³-hybridized carbons (Fsp3) is 0. The Hall–Kier alpha value is -9.67. The molecule has 0 aliphatic heterocycles. The van der Waals surface area contributed by atoms with E-state index < -0.39 is 0 Å². The molecule has 0 aliphatic rings. The minimum Gasteiger partial charge on any atom is -0.355 e. The summed E-state index contributed by atoms with van der Waals surface area (Å²) in [6.45, 7) is 7.56. The molecule has 2 heterocycles. The molecule has 0 saturated heterocycles. The number of para-hydroxylation sites is 2. The van der Waals surface area contributed by atoms with Crippen LogP contribution in [0.15, 0.2) is 255 Å². The molecular formula is C67H43N5S. The van der Waals surface area contributed by atoms with Crippen LogP contribution in [-0.4, -0.2) is 4.57 Å². The molecule has 73 heavy (non-hydrogen) atoms. The smallest absolute Gasteiger partial charge is 0.187 e. The van der Waals surface area contributed by atoms with Crippen molar-refractivity contribution in [3.05, 3.63) is 266 Å². The predicted octanol–water partition coefficient (Wildman–Crippen LogP) is 19.8. The number of anilines is 8. The first-order chi connectivity index (χ1) is 36.1. The van der Waals surface area contributed by atoms with Crippen LogP contribution in [-0.2, 0) is 0 Å². The Balaban J connectivity index is 0.849. The van der Waals surface area contributed by atoms with Crippen molar-refractivity contribution in [1.82, 2.24) is 4.57 Å². The number of hydrogen-bond acceptors (Lipinski definition) is 4. The molecule has 0 saturated carbocycles. The Morgan fingerprint density at radius 3 is 1.62 bits per heavy atom. The van der Waals surface area contributed by atoms with Gasteiger partial charge in [-0.05, 0) is 154 Å². The molecule has 5 nitrogen and oxygen atoms in total. The number of thiophene rings is 1. The first kappa shape index (κ1) is 42.2. The number of benzene rings is 12. The summed E-state index contributed by atoms with van der Waals surface area (Å²) in [7, 11) is 0. The highest BCUT2D eigenvalue weighted by molar-refractivity contribution is 7.26. The van der Waals surface area contributed by atoms with Gasteiger partial charge in [0.15, 0.2) is 5.69 Å². The minimum atomic E-state index is 0.622. The lowest BCUT2D eigenvalue weighted by Crippen LogP contribution is -2.12. The second kappa shape index (κ2) is 17.3. The lowest BCUT2D eigenvalue weighted by molar-refractivity contribution is 1.18. The van der Waals surface area contributed by atoms with Gasteiger partial charge in [0.05, 0.1) is 17.6 Å². The quantitative estimate of drug-likeness (QED) is 0.115. The number of nitrogens with zero attached hydrogens (tertiary/aromatic N) is 4. The van der Waals surface area contributed by atoms with Crippen molar-refractivity contribution < 1.29 is 0 Å². The topological polar surface area (TPSA) is 27.8 Å². The monoisotopic (exact) mass is 949 g/mol. The Morgan fingerprint density at radius 2 is 0.877 bits per heavy atom. The van der Waals surface area contributed by atoms with Gasteiger partial charge in [-0.15, -0.1) is 11.3 Å². The lowest BCUT2D eigenvalue weighted by atomic mass is 10.0. The third kappa shape index (κ3) is 7.30. The van der Waals surface area contributed by atoms with Crippen molar-refractivity contribution >= 4 is 137 Å². The van der Waals surface area contributed by atoms with Gasteiger partial charge in [-0.1, -0.05) is 133 Å². The summed E-state index contributed by atoms with van der Waals surface area (Å²) >= 11 is 1.85. The molecule has 1 N–H and O–H groups in total. The van der Waals surface area contributed by atoms with E-state index in [9.17, 15) is 0 Å². The van der Waals surface area contributed by atoms with Crippen molar-refractivity contribution in [3.8, 4) is 5.69 Å². The van der Waals surface area contributed by atoms with E-state index in [1.807, 2.05) is 35.6 Å². The summed E-state index contributed by atoms with van der Waals surface area (Å²) in [5, 5.41) is 16.2. The fourth-order valence-electron chi connectivity index (χ4n) is 10.9. The third-order valence-corrected chi connectivity index (χ3v) is 15.4. The van der Waals surface area contributed by atoms with Crippen molar-refractivity contribution in [1.29, 1.82) is 0 Å². The van der Waals surface area contributed by atoms with Crippen LogP contribution in [0.5, 0.6) is 0 Å².